The van der Waals surface area contributed by atoms with Crippen LogP contribution in [0, 0.1) is 5.41 Å². The van der Waals surface area contributed by atoms with Crippen LogP contribution in [0.3, 0.4) is 0 Å². The first kappa shape index (κ1) is 37.8. The van der Waals surface area contributed by atoms with E-state index in [9.17, 15) is 19.5 Å². The Balaban J connectivity index is 1.85. The largest absolute Gasteiger partial charge is 0.494 e. The van der Waals surface area contributed by atoms with Crippen LogP contribution in [0.25, 0.3) is 11.3 Å². The Bertz CT molecular complexity index is 1430. The molecule has 260 valence electrons. The number of alkyl carbamates (subject to hydrolysis) is 2. The van der Waals surface area contributed by atoms with Gasteiger partial charge in [0.05, 0.1) is 38.7 Å². The van der Waals surface area contributed by atoms with E-state index in [1.807, 2.05) is 87.5 Å². The van der Waals surface area contributed by atoms with Gasteiger partial charge in [-0.25, -0.2) is 14.6 Å². The second-order valence-electron chi connectivity index (χ2n) is 12.6. The molecule has 0 fully saturated rings. The van der Waals surface area contributed by atoms with Gasteiger partial charge in [-0.1, -0.05) is 76.6 Å². The average molecular weight is 664 g/mol. The van der Waals surface area contributed by atoms with Crippen molar-refractivity contribution >= 4 is 18.1 Å². The Kier molecular flexibility index (Phi) is 14.6. The number of aromatic nitrogens is 1. The maximum absolute atomic E-state index is 13.7. The molecule has 0 aliphatic heterocycles. The van der Waals surface area contributed by atoms with Crippen molar-refractivity contribution in [3.8, 4) is 17.0 Å². The second kappa shape index (κ2) is 18.6. The molecule has 2 aromatic carbocycles. The second-order valence-corrected chi connectivity index (χ2v) is 12.6. The van der Waals surface area contributed by atoms with E-state index in [4.69, 9.17) is 14.2 Å². The molecular weight excluding hydrogens is 614 g/mol. The van der Waals surface area contributed by atoms with Crippen molar-refractivity contribution < 1.29 is 33.7 Å². The third kappa shape index (κ3) is 12.2. The number of benzene rings is 2. The van der Waals surface area contributed by atoms with Gasteiger partial charge in [-0.3, -0.25) is 15.2 Å². The summed E-state index contributed by atoms with van der Waals surface area (Å²) >= 11 is 0. The van der Waals surface area contributed by atoms with Crippen LogP contribution in [0.4, 0.5) is 9.59 Å². The van der Waals surface area contributed by atoms with Gasteiger partial charge in [-0.15, -0.1) is 0 Å². The van der Waals surface area contributed by atoms with Crippen LogP contribution in [0.1, 0.15) is 51.7 Å². The highest BCUT2D eigenvalue weighted by molar-refractivity contribution is 5.86. The van der Waals surface area contributed by atoms with E-state index >= 15 is 0 Å². The number of unbranched alkanes of at least 4 members (excludes halogenated alkanes) is 1. The van der Waals surface area contributed by atoms with E-state index in [-0.39, 0.29) is 19.5 Å². The number of nitrogens with zero attached hydrogens (tertiary/aromatic N) is 2. The smallest absolute Gasteiger partial charge is 0.407 e. The first-order valence-electron chi connectivity index (χ1n) is 16.1. The summed E-state index contributed by atoms with van der Waals surface area (Å²) in [5.41, 5.74) is 5.66. The van der Waals surface area contributed by atoms with Gasteiger partial charge in [-0.2, -0.15) is 0 Å². The Morgan fingerprint density at radius 1 is 0.896 bits per heavy atom. The number of hydrogen-bond donors (Lipinski definition) is 4. The summed E-state index contributed by atoms with van der Waals surface area (Å²) in [6, 6.07) is 19.1. The SMILES string of the molecule is CCCCOc1ccc(C[C@H](NC(=O)OC)[C@@H](O)CN(Cc2ccc(-c3ccccn3)cc2)NC(=O)[C@@H](NC(=O)OC)C(C)(C)C)cc1. The maximum Gasteiger partial charge on any atom is 0.407 e. The summed E-state index contributed by atoms with van der Waals surface area (Å²) in [6.45, 7) is 8.31. The molecule has 1 aromatic heterocycles. The zero-order valence-corrected chi connectivity index (χ0v) is 28.7. The number of carbonyl (C=O) groups is 3. The molecule has 0 unspecified atom stereocenters. The van der Waals surface area contributed by atoms with Gasteiger partial charge >= 0.3 is 12.2 Å². The number of hydrazine groups is 1. The summed E-state index contributed by atoms with van der Waals surface area (Å²) in [7, 11) is 2.48. The van der Waals surface area contributed by atoms with Crippen molar-refractivity contribution in [2.45, 2.75) is 71.7 Å². The number of hydrogen-bond acceptors (Lipinski definition) is 9. The zero-order chi connectivity index (χ0) is 35.1. The van der Waals surface area contributed by atoms with E-state index in [2.05, 4.69) is 28.0 Å². The summed E-state index contributed by atoms with van der Waals surface area (Å²) in [6.07, 6.45) is 1.39. The fourth-order valence-corrected chi connectivity index (χ4v) is 4.91. The van der Waals surface area contributed by atoms with Crippen LogP contribution in [0.5, 0.6) is 5.75 Å². The molecule has 0 bridgehead atoms. The predicted molar refractivity (Wildman–Crippen MR) is 183 cm³/mol. The Morgan fingerprint density at radius 2 is 1.54 bits per heavy atom. The minimum Gasteiger partial charge on any atom is -0.494 e. The van der Waals surface area contributed by atoms with Crippen molar-refractivity contribution in [1.82, 2.24) is 26.1 Å². The van der Waals surface area contributed by atoms with Crippen LogP contribution in [0.2, 0.25) is 0 Å². The summed E-state index contributed by atoms with van der Waals surface area (Å²) < 4.78 is 15.4. The molecule has 0 saturated carbocycles. The number of nitrogens with one attached hydrogen (secondary N) is 3. The van der Waals surface area contributed by atoms with Gasteiger partial charge < -0.3 is 30.0 Å². The number of aliphatic hydroxyl groups excluding tert-OH is 1. The molecule has 3 rings (SSSR count). The molecule has 0 spiro atoms. The minimum absolute atomic E-state index is 0.0737. The molecule has 3 atom stereocenters. The number of rotatable bonds is 16. The molecule has 3 amide bonds. The number of pyridine rings is 1. The highest BCUT2D eigenvalue weighted by Gasteiger charge is 2.35. The molecule has 4 N–H and O–H groups in total. The van der Waals surface area contributed by atoms with Crippen LogP contribution in [-0.4, -0.2) is 78.8 Å². The van der Waals surface area contributed by atoms with Crippen LogP contribution >= 0.6 is 0 Å². The number of amides is 3. The molecule has 3 aromatic rings. The maximum atomic E-state index is 13.7. The Hall–Kier alpha value is -4.68. The summed E-state index contributed by atoms with van der Waals surface area (Å²) in [5.74, 6) is 0.239. The molecular formula is C36H49N5O7. The van der Waals surface area contributed by atoms with Gasteiger partial charge in [0.25, 0.3) is 5.91 Å². The molecule has 12 nitrogen and oxygen atoms in total. The lowest BCUT2D eigenvalue weighted by molar-refractivity contribution is -0.131. The lowest BCUT2D eigenvalue weighted by Gasteiger charge is -2.34. The number of aliphatic hydroxyl groups is 1. The highest BCUT2D eigenvalue weighted by Crippen LogP contribution is 2.21. The van der Waals surface area contributed by atoms with Gasteiger partial charge in [0.2, 0.25) is 0 Å². The fraction of sp³-hybridized carbons (Fsp3) is 0.444. The average Bonchev–Trinajstić information content (AvgIpc) is 3.07. The lowest BCUT2D eigenvalue weighted by atomic mass is 9.86. The number of carbonyl (C=O) groups excluding carboxylic acids is 3. The molecule has 0 aliphatic rings. The number of ether oxygens (including phenoxy) is 3. The van der Waals surface area contributed by atoms with Gasteiger partial charge in [-0.05, 0) is 53.6 Å². The van der Waals surface area contributed by atoms with Crippen molar-refractivity contribution in [2.24, 2.45) is 5.41 Å². The minimum atomic E-state index is -1.15. The van der Waals surface area contributed by atoms with E-state index in [1.54, 1.807) is 11.2 Å². The third-order valence-corrected chi connectivity index (χ3v) is 7.64. The normalized spacial score (nSPS) is 13.2. The predicted octanol–water partition coefficient (Wildman–Crippen LogP) is 4.86. The standard InChI is InChI=1S/C36H49N5O7/c1-7-8-21-48-28-18-14-25(15-19-28)22-30(38-34(44)46-5)31(42)24-41(40-33(43)32(36(2,3)4)39-35(45)47-6)23-26-12-16-27(17-13-26)29-11-9-10-20-37-29/h9-20,30-32,42H,7-8,21-24H2,1-6H3,(H,38,44)(H,39,45)(H,40,43)/t30-,31-,32+/m0/s1. The zero-order valence-electron chi connectivity index (χ0n) is 28.7. The highest BCUT2D eigenvalue weighted by atomic mass is 16.5. The van der Waals surface area contributed by atoms with Crippen molar-refractivity contribution in [3.63, 3.8) is 0 Å². The molecule has 0 radical (unpaired) electrons. The molecule has 12 heteroatoms. The molecule has 0 aliphatic carbocycles. The molecule has 1 heterocycles. The van der Waals surface area contributed by atoms with E-state index in [0.717, 1.165) is 41.0 Å². The molecule has 0 saturated heterocycles. The van der Waals surface area contributed by atoms with Gasteiger partial charge in [0.1, 0.15) is 11.8 Å². The van der Waals surface area contributed by atoms with Crippen LogP contribution in [-0.2, 0) is 27.2 Å². The van der Waals surface area contributed by atoms with Gasteiger partial charge in [0, 0.05) is 24.8 Å². The van der Waals surface area contributed by atoms with E-state index in [0.29, 0.717) is 6.61 Å². The fourth-order valence-electron chi connectivity index (χ4n) is 4.91. The van der Waals surface area contributed by atoms with Crippen molar-refractivity contribution in [1.29, 1.82) is 0 Å². The quantitative estimate of drug-likeness (QED) is 0.124. The van der Waals surface area contributed by atoms with Gasteiger partial charge in [0.15, 0.2) is 0 Å². The lowest BCUT2D eigenvalue weighted by Crippen LogP contribution is -2.59. The third-order valence-electron chi connectivity index (χ3n) is 7.64. The van der Waals surface area contributed by atoms with Crippen molar-refractivity contribution in [2.75, 3.05) is 27.4 Å². The number of methoxy groups -OCH3 is 2. The monoisotopic (exact) mass is 663 g/mol. The first-order chi connectivity index (χ1) is 22.9. The summed E-state index contributed by atoms with van der Waals surface area (Å²) in [4.78, 5) is 42.5. The van der Waals surface area contributed by atoms with E-state index in [1.165, 1.54) is 14.2 Å². The summed E-state index contributed by atoms with van der Waals surface area (Å²) in [5, 5.41) is 18.5. The van der Waals surface area contributed by atoms with Crippen molar-refractivity contribution in [3.05, 3.63) is 84.1 Å². The van der Waals surface area contributed by atoms with Crippen LogP contribution < -0.4 is 20.8 Å². The Labute approximate surface area is 283 Å². The molecule has 48 heavy (non-hydrogen) atoms. The Morgan fingerprint density at radius 3 is 2.12 bits per heavy atom. The van der Waals surface area contributed by atoms with Crippen LogP contribution in [0.15, 0.2) is 72.9 Å². The topological polar surface area (TPSA) is 151 Å². The van der Waals surface area contributed by atoms with E-state index < -0.39 is 41.7 Å². The first-order valence-corrected chi connectivity index (χ1v) is 16.1.